The van der Waals surface area contributed by atoms with E-state index in [1.807, 2.05) is 48.5 Å². The Balaban J connectivity index is 0.00000306. The molecule has 0 saturated carbocycles. The van der Waals surface area contributed by atoms with E-state index in [1.165, 1.54) is 12.1 Å². The lowest BCUT2D eigenvalue weighted by atomic mass is 9.96. The first-order valence-corrected chi connectivity index (χ1v) is 10.8. The second kappa shape index (κ2) is 10.6. The third kappa shape index (κ3) is 5.27. The number of halogens is 2. The predicted octanol–water partition coefficient (Wildman–Crippen LogP) is 5.92. The molecule has 0 aliphatic rings. The van der Waals surface area contributed by atoms with Crippen LogP contribution in [0.5, 0.6) is 5.75 Å². The van der Waals surface area contributed by atoms with Gasteiger partial charge in [0, 0.05) is 35.1 Å². The van der Waals surface area contributed by atoms with E-state index in [9.17, 15) is 9.18 Å². The fourth-order valence-corrected chi connectivity index (χ4v) is 4.01. The Bertz CT molecular complexity index is 1290. The molecule has 0 unspecified atom stereocenters. The first-order chi connectivity index (χ1) is 15.5. The Labute approximate surface area is 199 Å². The van der Waals surface area contributed by atoms with E-state index in [2.05, 4.69) is 13.8 Å². The molecule has 1 heterocycles. The molecule has 0 saturated heterocycles. The monoisotopic (exact) mass is 466 g/mol. The number of pyridine rings is 1. The molecule has 33 heavy (non-hydrogen) atoms. The summed E-state index contributed by atoms with van der Waals surface area (Å²) in [5.74, 6) is 0.619. The maximum Gasteiger partial charge on any atom is 0.258 e. The van der Waals surface area contributed by atoms with Crippen molar-refractivity contribution in [1.29, 1.82) is 0 Å². The van der Waals surface area contributed by atoms with Crippen LogP contribution in [0.15, 0.2) is 77.6 Å². The Morgan fingerprint density at radius 2 is 1.67 bits per heavy atom. The third-order valence-corrected chi connectivity index (χ3v) is 5.47. The van der Waals surface area contributed by atoms with E-state index < -0.39 is 0 Å². The molecule has 4 aromatic rings. The van der Waals surface area contributed by atoms with E-state index in [-0.39, 0.29) is 36.2 Å². The number of aromatic nitrogens is 1. The number of hydrogen-bond acceptors (Lipinski definition) is 3. The zero-order valence-corrected chi connectivity index (χ0v) is 19.6. The van der Waals surface area contributed by atoms with Crippen LogP contribution in [0, 0.1) is 11.7 Å². The van der Waals surface area contributed by atoms with Gasteiger partial charge in [-0.3, -0.25) is 4.79 Å². The molecule has 0 aliphatic heterocycles. The number of nitrogens with two attached hydrogens (primary N) is 1. The lowest BCUT2D eigenvalue weighted by Gasteiger charge is -2.21. The second-order valence-electron chi connectivity index (χ2n) is 8.32. The molecule has 0 fully saturated rings. The number of nitrogens with zero attached hydrogens (tertiary/aromatic N) is 1. The molecule has 4 nitrogen and oxygen atoms in total. The SMILES string of the molecule is CC(C)Cn1c(CN)c(-c2ccc(F)cc2)c2cc(OCc3ccccc3)ccc2c1=O.Cl. The number of benzene rings is 3. The minimum absolute atomic E-state index is 0. The van der Waals surface area contributed by atoms with E-state index in [0.29, 0.717) is 24.3 Å². The summed E-state index contributed by atoms with van der Waals surface area (Å²) in [6.45, 7) is 5.30. The van der Waals surface area contributed by atoms with E-state index >= 15 is 0 Å². The highest BCUT2D eigenvalue weighted by molar-refractivity contribution is 5.98. The number of hydrogen-bond donors (Lipinski definition) is 1. The Hall–Kier alpha value is -3.15. The molecule has 172 valence electrons. The summed E-state index contributed by atoms with van der Waals surface area (Å²) in [7, 11) is 0. The van der Waals surface area contributed by atoms with Gasteiger partial charge in [0.2, 0.25) is 0 Å². The Kier molecular flexibility index (Phi) is 7.90. The summed E-state index contributed by atoms with van der Waals surface area (Å²) in [4.78, 5) is 13.4. The lowest BCUT2D eigenvalue weighted by molar-refractivity contribution is 0.306. The molecule has 1 aromatic heterocycles. The first kappa shape index (κ1) is 24.5. The average Bonchev–Trinajstić information content (AvgIpc) is 2.80. The van der Waals surface area contributed by atoms with E-state index in [4.69, 9.17) is 10.5 Å². The average molecular weight is 467 g/mol. The van der Waals surface area contributed by atoms with Crippen LogP contribution in [0.4, 0.5) is 4.39 Å². The van der Waals surface area contributed by atoms with Crippen molar-refractivity contribution < 1.29 is 9.13 Å². The van der Waals surface area contributed by atoms with Gasteiger partial charge in [-0.05, 0) is 47.4 Å². The zero-order valence-electron chi connectivity index (χ0n) is 18.8. The normalized spacial score (nSPS) is 10.9. The second-order valence-corrected chi connectivity index (χ2v) is 8.32. The molecule has 0 spiro atoms. The van der Waals surface area contributed by atoms with Gasteiger partial charge in [-0.25, -0.2) is 4.39 Å². The molecule has 0 bridgehead atoms. The molecule has 0 atom stereocenters. The highest BCUT2D eigenvalue weighted by atomic mass is 35.5. The summed E-state index contributed by atoms with van der Waals surface area (Å²) in [5, 5.41) is 1.35. The van der Waals surface area contributed by atoms with Gasteiger partial charge in [-0.1, -0.05) is 56.3 Å². The molecule has 0 radical (unpaired) electrons. The van der Waals surface area contributed by atoms with Crippen molar-refractivity contribution in [2.24, 2.45) is 11.7 Å². The summed E-state index contributed by atoms with van der Waals surface area (Å²) >= 11 is 0. The Morgan fingerprint density at radius 1 is 0.970 bits per heavy atom. The number of rotatable bonds is 7. The summed E-state index contributed by atoms with van der Waals surface area (Å²) in [6, 6.07) is 21.7. The minimum atomic E-state index is -0.310. The van der Waals surface area contributed by atoms with Gasteiger partial charge in [0.25, 0.3) is 5.56 Å². The van der Waals surface area contributed by atoms with Gasteiger partial charge in [0.05, 0.1) is 0 Å². The first-order valence-electron chi connectivity index (χ1n) is 10.8. The quantitative estimate of drug-likeness (QED) is 0.367. The zero-order chi connectivity index (χ0) is 22.7. The van der Waals surface area contributed by atoms with Gasteiger partial charge >= 0.3 is 0 Å². The van der Waals surface area contributed by atoms with Gasteiger partial charge < -0.3 is 15.0 Å². The maximum absolute atomic E-state index is 13.6. The molecule has 4 rings (SSSR count). The molecule has 0 aliphatic carbocycles. The third-order valence-electron chi connectivity index (χ3n) is 5.47. The van der Waals surface area contributed by atoms with Crippen LogP contribution in [-0.4, -0.2) is 4.57 Å². The van der Waals surface area contributed by atoms with Gasteiger partial charge in [-0.2, -0.15) is 0 Å². The maximum atomic E-state index is 13.6. The smallest absolute Gasteiger partial charge is 0.258 e. The Morgan fingerprint density at radius 3 is 2.30 bits per heavy atom. The standard InChI is InChI=1S/C27H27FN2O2.ClH/c1-18(2)16-30-25(15-29)26(20-8-10-21(28)11-9-20)24-14-22(12-13-23(24)27(30)31)32-17-19-6-4-3-5-7-19;/h3-14,18H,15-17,29H2,1-2H3;1H. The highest BCUT2D eigenvalue weighted by Crippen LogP contribution is 2.33. The van der Waals surface area contributed by atoms with Crippen molar-refractivity contribution in [3.8, 4) is 16.9 Å². The predicted molar refractivity (Wildman–Crippen MR) is 134 cm³/mol. The molecule has 2 N–H and O–H groups in total. The topological polar surface area (TPSA) is 57.2 Å². The van der Waals surface area contributed by atoms with Crippen molar-refractivity contribution in [1.82, 2.24) is 4.57 Å². The van der Waals surface area contributed by atoms with Crippen molar-refractivity contribution in [3.63, 3.8) is 0 Å². The van der Waals surface area contributed by atoms with Crippen LogP contribution in [0.2, 0.25) is 0 Å². The van der Waals surface area contributed by atoms with Gasteiger partial charge in [-0.15, -0.1) is 12.4 Å². The molecular weight excluding hydrogens is 439 g/mol. The number of ether oxygens (including phenoxy) is 1. The number of fused-ring (bicyclic) bond motifs is 1. The summed E-state index contributed by atoms with van der Waals surface area (Å²) in [5.41, 5.74) is 9.54. The molecule has 0 amide bonds. The van der Waals surface area contributed by atoms with Crippen LogP contribution in [0.25, 0.3) is 21.9 Å². The van der Waals surface area contributed by atoms with Gasteiger partial charge in [0.1, 0.15) is 18.2 Å². The van der Waals surface area contributed by atoms with Crippen molar-refractivity contribution in [2.75, 3.05) is 0 Å². The van der Waals surface area contributed by atoms with Crippen molar-refractivity contribution in [3.05, 3.63) is 100 Å². The molecule has 6 heteroatoms. The minimum Gasteiger partial charge on any atom is -0.489 e. The van der Waals surface area contributed by atoms with Crippen LogP contribution < -0.4 is 16.0 Å². The fourth-order valence-electron chi connectivity index (χ4n) is 4.01. The van der Waals surface area contributed by atoms with Crippen LogP contribution in [0.3, 0.4) is 0 Å². The van der Waals surface area contributed by atoms with Crippen LogP contribution >= 0.6 is 12.4 Å². The van der Waals surface area contributed by atoms with Crippen molar-refractivity contribution >= 4 is 23.2 Å². The highest BCUT2D eigenvalue weighted by Gasteiger charge is 2.19. The van der Waals surface area contributed by atoms with Gasteiger partial charge in [0.15, 0.2) is 0 Å². The van der Waals surface area contributed by atoms with Crippen LogP contribution in [-0.2, 0) is 19.7 Å². The molecule has 3 aromatic carbocycles. The lowest BCUT2D eigenvalue weighted by Crippen LogP contribution is -2.28. The fraction of sp³-hybridized carbons (Fsp3) is 0.222. The van der Waals surface area contributed by atoms with Crippen LogP contribution in [0.1, 0.15) is 25.1 Å². The van der Waals surface area contributed by atoms with E-state index in [0.717, 1.165) is 27.8 Å². The summed E-state index contributed by atoms with van der Waals surface area (Å²) < 4.78 is 21.4. The van der Waals surface area contributed by atoms with Crippen molar-refractivity contribution in [2.45, 2.75) is 33.5 Å². The largest absolute Gasteiger partial charge is 0.489 e. The van der Waals surface area contributed by atoms with E-state index in [1.54, 1.807) is 16.7 Å². The molecular formula is C27H28ClFN2O2. The summed E-state index contributed by atoms with van der Waals surface area (Å²) in [6.07, 6.45) is 0.